The molecule has 0 bridgehead atoms. The fourth-order valence-electron chi connectivity index (χ4n) is 1.88. The summed E-state index contributed by atoms with van der Waals surface area (Å²) in [6.45, 7) is 2.18. The van der Waals surface area contributed by atoms with Crippen LogP contribution in [0.1, 0.15) is 25.3 Å². The summed E-state index contributed by atoms with van der Waals surface area (Å²) in [6.07, 6.45) is 2.08. The van der Waals surface area contributed by atoms with E-state index in [4.69, 9.17) is 28.9 Å². The lowest BCUT2D eigenvalue weighted by Gasteiger charge is -2.25. The molecule has 0 saturated heterocycles. The lowest BCUT2D eigenvalue weighted by Crippen LogP contribution is -2.42. The molecule has 3 nitrogen and oxygen atoms in total. The zero-order chi connectivity index (χ0) is 13.3. The van der Waals surface area contributed by atoms with Crippen LogP contribution in [0.2, 0.25) is 10.0 Å². The largest absolute Gasteiger partial charge is 0.334 e. The van der Waals surface area contributed by atoms with Crippen molar-refractivity contribution in [2.75, 3.05) is 0 Å². The molecule has 1 fully saturated rings. The van der Waals surface area contributed by atoms with E-state index in [9.17, 15) is 4.79 Å². The van der Waals surface area contributed by atoms with Crippen LogP contribution >= 0.6 is 23.2 Å². The minimum atomic E-state index is -0.483. The monoisotopic (exact) mass is 286 g/mol. The van der Waals surface area contributed by atoms with Crippen molar-refractivity contribution in [1.29, 1.82) is 0 Å². The van der Waals surface area contributed by atoms with Gasteiger partial charge in [-0.15, -0.1) is 0 Å². The molecule has 98 valence electrons. The first-order valence-electron chi connectivity index (χ1n) is 5.99. The van der Waals surface area contributed by atoms with Gasteiger partial charge < -0.3 is 10.6 Å². The second-order valence-corrected chi connectivity index (χ2v) is 5.57. The molecule has 1 saturated carbocycles. The third kappa shape index (κ3) is 3.16. The molecule has 0 spiro atoms. The van der Waals surface area contributed by atoms with Gasteiger partial charge in [0.05, 0.1) is 6.04 Å². The first-order chi connectivity index (χ1) is 8.49. The van der Waals surface area contributed by atoms with Crippen molar-refractivity contribution in [3.63, 3.8) is 0 Å². The Morgan fingerprint density at radius 3 is 2.72 bits per heavy atom. The second-order valence-electron chi connectivity index (χ2n) is 4.72. The Kier molecular flexibility index (Phi) is 4.15. The number of carbonyl (C=O) groups is 1. The number of carbonyl (C=O) groups excluding carboxylic acids is 1. The van der Waals surface area contributed by atoms with Crippen LogP contribution in [0.3, 0.4) is 0 Å². The topological polar surface area (TPSA) is 46.3 Å². The Morgan fingerprint density at radius 1 is 1.50 bits per heavy atom. The summed E-state index contributed by atoms with van der Waals surface area (Å²) < 4.78 is 0. The molecule has 2 N–H and O–H groups in total. The second kappa shape index (κ2) is 5.47. The molecule has 1 aromatic rings. The van der Waals surface area contributed by atoms with E-state index >= 15 is 0 Å². The summed E-state index contributed by atoms with van der Waals surface area (Å²) in [5.74, 6) is -0.0338. The highest BCUT2D eigenvalue weighted by molar-refractivity contribution is 6.33. The van der Waals surface area contributed by atoms with Gasteiger partial charge in [0.25, 0.3) is 0 Å². The first-order valence-corrected chi connectivity index (χ1v) is 6.74. The van der Waals surface area contributed by atoms with Crippen LogP contribution in [0, 0.1) is 0 Å². The van der Waals surface area contributed by atoms with Crippen LogP contribution in [0.4, 0.5) is 0 Å². The first kappa shape index (κ1) is 13.7. The average molecular weight is 287 g/mol. The average Bonchev–Trinajstić information content (AvgIpc) is 3.13. The predicted molar refractivity (Wildman–Crippen MR) is 73.7 cm³/mol. The Hall–Kier alpha value is -0.770. The minimum absolute atomic E-state index is 0.0338. The highest BCUT2D eigenvalue weighted by Crippen LogP contribution is 2.31. The van der Waals surface area contributed by atoms with E-state index in [0.717, 1.165) is 18.4 Å². The minimum Gasteiger partial charge on any atom is -0.334 e. The van der Waals surface area contributed by atoms with Gasteiger partial charge in [0.1, 0.15) is 0 Å². The van der Waals surface area contributed by atoms with Crippen molar-refractivity contribution < 1.29 is 4.79 Å². The van der Waals surface area contributed by atoms with Crippen molar-refractivity contribution in [2.45, 2.75) is 38.4 Å². The van der Waals surface area contributed by atoms with E-state index < -0.39 is 6.04 Å². The predicted octanol–water partition coefficient (Wildman–Crippen LogP) is 2.83. The number of amides is 1. The third-order valence-electron chi connectivity index (χ3n) is 3.01. The summed E-state index contributed by atoms with van der Waals surface area (Å²) in [7, 11) is 0. The lowest BCUT2D eigenvalue weighted by molar-refractivity contribution is -0.133. The Balaban J connectivity index is 2.18. The summed E-state index contributed by atoms with van der Waals surface area (Å²) in [4.78, 5) is 13.9. The van der Waals surface area contributed by atoms with E-state index in [1.807, 2.05) is 4.90 Å². The molecule has 0 aliphatic heterocycles. The van der Waals surface area contributed by atoms with Crippen molar-refractivity contribution in [2.24, 2.45) is 5.73 Å². The van der Waals surface area contributed by atoms with Gasteiger partial charge in [-0.1, -0.05) is 23.2 Å². The maximum absolute atomic E-state index is 12.0. The Labute approximate surface area is 117 Å². The van der Waals surface area contributed by atoms with Gasteiger partial charge in [-0.3, -0.25) is 4.79 Å². The molecule has 1 aromatic carbocycles. The highest BCUT2D eigenvalue weighted by atomic mass is 35.5. The standard InChI is InChI=1S/C13H16Cl2N2O/c1-8(16)13(18)17(11-3-4-11)7-9-6-10(14)2-5-12(9)15/h2,5-6,8,11H,3-4,7,16H2,1H3/t8-/m0/s1. The Morgan fingerprint density at radius 2 is 2.17 bits per heavy atom. The van der Waals surface area contributed by atoms with Crippen molar-refractivity contribution in [3.05, 3.63) is 33.8 Å². The van der Waals surface area contributed by atoms with Crippen molar-refractivity contribution in [3.8, 4) is 0 Å². The molecule has 2 rings (SSSR count). The van der Waals surface area contributed by atoms with Crippen molar-refractivity contribution in [1.82, 2.24) is 4.90 Å². The van der Waals surface area contributed by atoms with Crippen LogP contribution in [-0.4, -0.2) is 22.9 Å². The summed E-state index contributed by atoms with van der Waals surface area (Å²) in [5.41, 5.74) is 6.54. The van der Waals surface area contributed by atoms with E-state index in [1.165, 1.54) is 0 Å². The number of hydrogen-bond donors (Lipinski definition) is 1. The van der Waals surface area contributed by atoms with Crippen LogP contribution in [-0.2, 0) is 11.3 Å². The maximum Gasteiger partial charge on any atom is 0.239 e. The number of halogens is 2. The summed E-state index contributed by atoms with van der Waals surface area (Å²) in [5, 5.41) is 1.25. The lowest BCUT2D eigenvalue weighted by atomic mass is 10.2. The molecular weight excluding hydrogens is 271 g/mol. The molecule has 5 heteroatoms. The van der Waals surface area contributed by atoms with Crippen LogP contribution in [0.25, 0.3) is 0 Å². The number of nitrogens with zero attached hydrogens (tertiary/aromatic N) is 1. The fraction of sp³-hybridized carbons (Fsp3) is 0.462. The number of hydrogen-bond acceptors (Lipinski definition) is 2. The van der Waals surface area contributed by atoms with Gasteiger partial charge in [-0.2, -0.15) is 0 Å². The number of nitrogens with two attached hydrogens (primary N) is 1. The van der Waals surface area contributed by atoms with E-state index in [-0.39, 0.29) is 5.91 Å². The Bertz CT molecular complexity index is 458. The van der Waals surface area contributed by atoms with Crippen molar-refractivity contribution >= 4 is 29.1 Å². The zero-order valence-corrected chi connectivity index (χ0v) is 11.7. The summed E-state index contributed by atoms with van der Waals surface area (Å²) >= 11 is 12.1. The van der Waals surface area contributed by atoms with Gasteiger partial charge in [0.15, 0.2) is 0 Å². The molecular formula is C13H16Cl2N2O. The zero-order valence-electron chi connectivity index (χ0n) is 10.2. The number of rotatable bonds is 4. The van der Waals surface area contributed by atoms with Gasteiger partial charge in [-0.25, -0.2) is 0 Å². The molecule has 0 heterocycles. The molecule has 0 aromatic heterocycles. The smallest absolute Gasteiger partial charge is 0.239 e. The third-order valence-corrected chi connectivity index (χ3v) is 3.61. The van der Waals surface area contributed by atoms with Gasteiger partial charge in [0.2, 0.25) is 5.91 Å². The van der Waals surface area contributed by atoms with Crippen LogP contribution in [0.15, 0.2) is 18.2 Å². The van der Waals surface area contributed by atoms with Gasteiger partial charge in [-0.05, 0) is 43.5 Å². The quantitative estimate of drug-likeness (QED) is 0.925. The molecule has 1 atom stereocenters. The van der Waals surface area contributed by atoms with E-state index in [1.54, 1.807) is 25.1 Å². The SMILES string of the molecule is C[C@H](N)C(=O)N(Cc1cc(Cl)ccc1Cl)C1CC1. The maximum atomic E-state index is 12.0. The molecule has 1 amide bonds. The van der Waals surface area contributed by atoms with Gasteiger partial charge >= 0.3 is 0 Å². The van der Waals surface area contributed by atoms with E-state index in [0.29, 0.717) is 22.6 Å². The molecule has 1 aliphatic rings. The summed E-state index contributed by atoms with van der Waals surface area (Å²) in [6, 6.07) is 5.11. The number of benzene rings is 1. The molecule has 0 radical (unpaired) electrons. The normalized spacial score (nSPS) is 16.4. The van der Waals surface area contributed by atoms with Crippen LogP contribution in [0.5, 0.6) is 0 Å². The fourth-order valence-corrected chi connectivity index (χ4v) is 2.25. The van der Waals surface area contributed by atoms with E-state index in [2.05, 4.69) is 0 Å². The van der Waals surface area contributed by atoms with Gasteiger partial charge in [0, 0.05) is 22.6 Å². The molecule has 1 aliphatic carbocycles. The highest BCUT2D eigenvalue weighted by Gasteiger charge is 2.33. The molecule has 18 heavy (non-hydrogen) atoms. The molecule has 0 unspecified atom stereocenters. The van der Waals surface area contributed by atoms with Crippen LogP contribution < -0.4 is 5.73 Å².